The highest BCUT2D eigenvalue weighted by Gasteiger charge is 2.61. The van der Waals surface area contributed by atoms with Gasteiger partial charge in [0.1, 0.15) is 0 Å². The number of hydrogen-bond donors (Lipinski definition) is 1. The highest BCUT2D eigenvalue weighted by molar-refractivity contribution is 8.14. The first-order valence-electron chi connectivity index (χ1n) is 5.05. The van der Waals surface area contributed by atoms with E-state index in [1.54, 1.807) is 0 Å². The van der Waals surface area contributed by atoms with Crippen LogP contribution in [-0.4, -0.2) is 21.9 Å². The minimum atomic E-state index is -0.750. The fourth-order valence-corrected chi connectivity index (χ4v) is 3.14. The maximum atomic E-state index is 11.4. The lowest BCUT2D eigenvalue weighted by Gasteiger charge is -1.97. The Morgan fingerprint density at radius 1 is 1.60 bits per heavy atom. The Balaban J connectivity index is 2.15. The standard InChI is InChI=1S/C11H14O3S/c1-11(2)7(8(11)9(12)13)5-6-3-4-15-10(6)14/h5,7-8H,3-4H2,1-2H3,(H,12,13)/b6-5-/t7-,8-/m0/s1. The normalized spacial score (nSPS) is 35.9. The Labute approximate surface area is 92.9 Å². The summed E-state index contributed by atoms with van der Waals surface area (Å²) in [6.07, 6.45) is 2.68. The summed E-state index contributed by atoms with van der Waals surface area (Å²) in [6, 6.07) is 0. The summed E-state index contributed by atoms with van der Waals surface area (Å²) >= 11 is 1.33. The van der Waals surface area contributed by atoms with E-state index in [4.69, 9.17) is 5.11 Å². The third kappa shape index (κ3) is 1.71. The zero-order chi connectivity index (χ0) is 11.2. The van der Waals surface area contributed by atoms with Gasteiger partial charge in [-0.1, -0.05) is 31.7 Å². The Hall–Kier alpha value is -0.770. The van der Waals surface area contributed by atoms with Gasteiger partial charge < -0.3 is 5.11 Å². The van der Waals surface area contributed by atoms with Crippen LogP contribution in [0.2, 0.25) is 0 Å². The van der Waals surface area contributed by atoms with Crippen LogP contribution >= 0.6 is 11.8 Å². The number of allylic oxidation sites excluding steroid dienone is 1. The van der Waals surface area contributed by atoms with Crippen molar-refractivity contribution in [3.63, 3.8) is 0 Å². The summed E-state index contributed by atoms with van der Waals surface area (Å²) in [5, 5.41) is 9.11. The third-order valence-electron chi connectivity index (χ3n) is 3.42. The molecule has 0 amide bonds. The Kier molecular flexibility index (Phi) is 2.41. The first kappa shape index (κ1) is 10.7. The fourth-order valence-electron chi connectivity index (χ4n) is 2.28. The molecule has 15 heavy (non-hydrogen) atoms. The summed E-state index contributed by atoms with van der Waals surface area (Å²) in [6.45, 7) is 3.89. The van der Waals surface area contributed by atoms with Crippen molar-refractivity contribution in [1.29, 1.82) is 0 Å². The molecular weight excluding hydrogens is 212 g/mol. The number of carboxylic acid groups (broad SMARTS) is 1. The minimum absolute atomic E-state index is 0.0349. The molecule has 1 saturated carbocycles. The van der Waals surface area contributed by atoms with Gasteiger partial charge in [0.2, 0.25) is 5.12 Å². The number of hydrogen-bond acceptors (Lipinski definition) is 3. The van der Waals surface area contributed by atoms with E-state index < -0.39 is 5.97 Å². The summed E-state index contributed by atoms with van der Waals surface area (Å²) < 4.78 is 0. The number of carbonyl (C=O) groups excluding carboxylic acids is 1. The highest BCUT2D eigenvalue weighted by atomic mass is 32.2. The molecule has 1 saturated heterocycles. The molecule has 0 unspecified atom stereocenters. The van der Waals surface area contributed by atoms with Crippen molar-refractivity contribution in [2.45, 2.75) is 20.3 Å². The summed E-state index contributed by atoms with van der Waals surface area (Å²) in [4.78, 5) is 22.3. The Bertz CT molecular complexity index is 357. The predicted octanol–water partition coefficient (Wildman–Crippen LogP) is 1.93. The van der Waals surface area contributed by atoms with Crippen LogP contribution in [0.15, 0.2) is 11.6 Å². The fraction of sp³-hybridized carbons (Fsp3) is 0.636. The van der Waals surface area contributed by atoms with Gasteiger partial charge in [-0.3, -0.25) is 9.59 Å². The molecule has 0 spiro atoms. The van der Waals surface area contributed by atoms with E-state index >= 15 is 0 Å². The van der Waals surface area contributed by atoms with Gasteiger partial charge in [0.05, 0.1) is 5.92 Å². The predicted molar refractivity (Wildman–Crippen MR) is 58.6 cm³/mol. The molecule has 0 aromatic carbocycles. The molecule has 0 radical (unpaired) electrons. The summed E-state index contributed by atoms with van der Waals surface area (Å²) in [7, 11) is 0. The van der Waals surface area contributed by atoms with Crippen molar-refractivity contribution < 1.29 is 14.7 Å². The van der Waals surface area contributed by atoms with Gasteiger partial charge in [0, 0.05) is 11.3 Å². The lowest BCUT2D eigenvalue weighted by atomic mass is 10.1. The molecule has 1 aliphatic carbocycles. The van der Waals surface area contributed by atoms with Crippen LogP contribution in [-0.2, 0) is 9.59 Å². The lowest BCUT2D eigenvalue weighted by Crippen LogP contribution is -2.03. The number of aliphatic carboxylic acids is 1. The van der Waals surface area contributed by atoms with E-state index in [1.165, 1.54) is 11.8 Å². The van der Waals surface area contributed by atoms with Crippen molar-refractivity contribution >= 4 is 22.8 Å². The number of thioether (sulfide) groups is 1. The Morgan fingerprint density at radius 3 is 2.67 bits per heavy atom. The van der Waals surface area contributed by atoms with Gasteiger partial charge in [0.25, 0.3) is 0 Å². The first-order valence-corrected chi connectivity index (χ1v) is 6.04. The molecule has 0 bridgehead atoms. The molecule has 82 valence electrons. The number of carbonyl (C=O) groups is 2. The van der Waals surface area contributed by atoms with Crippen molar-refractivity contribution in [2.75, 3.05) is 5.75 Å². The van der Waals surface area contributed by atoms with Gasteiger partial charge in [0.15, 0.2) is 0 Å². The molecule has 0 aromatic heterocycles. The molecule has 1 N–H and O–H groups in total. The van der Waals surface area contributed by atoms with Crippen LogP contribution < -0.4 is 0 Å². The molecule has 0 aromatic rings. The van der Waals surface area contributed by atoms with Crippen molar-refractivity contribution in [2.24, 2.45) is 17.3 Å². The third-order valence-corrected chi connectivity index (χ3v) is 4.36. The topological polar surface area (TPSA) is 54.4 Å². The smallest absolute Gasteiger partial charge is 0.307 e. The molecule has 1 aliphatic heterocycles. The van der Waals surface area contributed by atoms with Crippen molar-refractivity contribution in [3.8, 4) is 0 Å². The van der Waals surface area contributed by atoms with Crippen molar-refractivity contribution in [3.05, 3.63) is 11.6 Å². The van der Waals surface area contributed by atoms with E-state index in [-0.39, 0.29) is 22.4 Å². The molecular formula is C11H14O3S. The average Bonchev–Trinajstić information content (AvgIpc) is 2.47. The van der Waals surface area contributed by atoms with Crippen LogP contribution in [0, 0.1) is 17.3 Å². The maximum Gasteiger partial charge on any atom is 0.307 e. The molecule has 2 atom stereocenters. The second-order valence-electron chi connectivity index (χ2n) is 4.74. The molecule has 2 aliphatic rings. The van der Waals surface area contributed by atoms with Crippen LogP contribution in [0.5, 0.6) is 0 Å². The summed E-state index contributed by atoms with van der Waals surface area (Å²) in [5.74, 6) is -0.189. The molecule has 2 fully saturated rings. The molecule has 1 heterocycles. The molecule has 2 rings (SSSR count). The maximum absolute atomic E-state index is 11.4. The van der Waals surface area contributed by atoms with E-state index in [1.807, 2.05) is 19.9 Å². The Morgan fingerprint density at radius 2 is 2.27 bits per heavy atom. The van der Waals surface area contributed by atoms with Crippen LogP contribution in [0.25, 0.3) is 0 Å². The van der Waals surface area contributed by atoms with E-state index in [9.17, 15) is 9.59 Å². The number of carboxylic acids is 1. The zero-order valence-electron chi connectivity index (χ0n) is 8.82. The lowest BCUT2D eigenvalue weighted by molar-refractivity contribution is -0.139. The zero-order valence-corrected chi connectivity index (χ0v) is 9.63. The second-order valence-corrected chi connectivity index (χ2v) is 5.81. The van der Waals surface area contributed by atoms with Crippen LogP contribution in [0.4, 0.5) is 0 Å². The second kappa shape index (κ2) is 3.37. The SMILES string of the molecule is CC1(C)[C@H](C(=O)O)[C@@H]1/C=C1/CCSC1=O. The summed E-state index contributed by atoms with van der Waals surface area (Å²) in [5.41, 5.74) is 0.633. The monoisotopic (exact) mass is 226 g/mol. The van der Waals surface area contributed by atoms with Gasteiger partial charge in [-0.15, -0.1) is 0 Å². The van der Waals surface area contributed by atoms with Gasteiger partial charge >= 0.3 is 5.97 Å². The first-order chi connectivity index (χ1) is 6.94. The quantitative estimate of drug-likeness (QED) is 0.731. The minimum Gasteiger partial charge on any atom is -0.481 e. The van der Waals surface area contributed by atoms with E-state index in [2.05, 4.69) is 0 Å². The largest absolute Gasteiger partial charge is 0.481 e. The molecule has 4 heteroatoms. The van der Waals surface area contributed by atoms with Crippen LogP contribution in [0.1, 0.15) is 20.3 Å². The van der Waals surface area contributed by atoms with Crippen LogP contribution in [0.3, 0.4) is 0 Å². The highest BCUT2D eigenvalue weighted by Crippen LogP contribution is 2.59. The average molecular weight is 226 g/mol. The van der Waals surface area contributed by atoms with Gasteiger partial charge in [-0.25, -0.2) is 0 Å². The molecule has 3 nitrogen and oxygen atoms in total. The van der Waals surface area contributed by atoms with Gasteiger partial charge in [-0.05, 0) is 17.8 Å². The van der Waals surface area contributed by atoms with E-state index in [0.29, 0.717) is 0 Å². The van der Waals surface area contributed by atoms with E-state index in [0.717, 1.165) is 17.7 Å². The number of rotatable bonds is 2. The van der Waals surface area contributed by atoms with Crippen molar-refractivity contribution in [1.82, 2.24) is 0 Å². The van der Waals surface area contributed by atoms with Gasteiger partial charge in [-0.2, -0.15) is 0 Å².